The number of hydrogen-bond acceptors (Lipinski definition) is 7. The Balaban J connectivity index is 1.39. The molecule has 0 saturated carbocycles. The summed E-state index contributed by atoms with van der Waals surface area (Å²) in [6.45, 7) is 0.368. The van der Waals surface area contributed by atoms with Crippen LogP contribution in [0.4, 0.5) is 26.0 Å². The van der Waals surface area contributed by atoms with Crippen molar-refractivity contribution in [2.45, 2.75) is 36.8 Å². The maximum Gasteiger partial charge on any atom is 0.258 e. The first-order valence-corrected chi connectivity index (χ1v) is 14.0. The van der Waals surface area contributed by atoms with Gasteiger partial charge in [0.25, 0.3) is 11.8 Å². The van der Waals surface area contributed by atoms with Crippen LogP contribution in [-0.4, -0.2) is 68.1 Å². The molecule has 0 unspecified atom stereocenters. The molecule has 3 N–H and O–H groups in total. The van der Waals surface area contributed by atoms with Gasteiger partial charge >= 0.3 is 0 Å². The molecule has 0 radical (unpaired) electrons. The van der Waals surface area contributed by atoms with Gasteiger partial charge in [-0.2, -0.15) is 9.40 Å². The summed E-state index contributed by atoms with van der Waals surface area (Å²) in [5.74, 6) is -2.83. The second kappa shape index (κ2) is 10.9. The van der Waals surface area contributed by atoms with Gasteiger partial charge in [0.2, 0.25) is 10.0 Å². The first kappa shape index (κ1) is 27.7. The SMILES string of the molecule is CN(C)c1ccc(C(=O)Nc2n[nH]c3c2CN(S(=O)(=O)c2cc(F)cc(F)c2)CC3)c(NC(=O)[C@@H]2CCCO2)c1. The minimum absolute atomic E-state index is 0.0501. The fraction of sp³-hybridized carbons (Fsp3) is 0.346. The van der Waals surface area contributed by atoms with E-state index in [0.717, 1.165) is 28.5 Å². The summed E-state index contributed by atoms with van der Waals surface area (Å²) >= 11 is 0. The highest BCUT2D eigenvalue weighted by Crippen LogP contribution is 2.30. The number of sulfonamides is 1. The lowest BCUT2D eigenvalue weighted by atomic mass is 10.1. The molecule has 2 aliphatic rings. The number of aromatic amines is 1. The number of anilines is 3. The number of aromatic nitrogens is 2. The van der Waals surface area contributed by atoms with Gasteiger partial charge in [0.05, 0.1) is 16.1 Å². The summed E-state index contributed by atoms with van der Waals surface area (Å²) in [6, 6.07) is 7.09. The Kier molecular flexibility index (Phi) is 7.57. The number of nitrogens with zero attached hydrogens (tertiary/aromatic N) is 3. The van der Waals surface area contributed by atoms with Crippen LogP contribution in [0.1, 0.15) is 34.5 Å². The minimum atomic E-state index is -4.23. The summed E-state index contributed by atoms with van der Waals surface area (Å²) in [5, 5.41) is 12.5. The van der Waals surface area contributed by atoms with Gasteiger partial charge in [0, 0.05) is 63.2 Å². The van der Waals surface area contributed by atoms with Gasteiger partial charge in [-0.3, -0.25) is 14.7 Å². The predicted molar refractivity (Wildman–Crippen MR) is 143 cm³/mol. The average molecular weight is 575 g/mol. The molecule has 40 heavy (non-hydrogen) atoms. The van der Waals surface area contributed by atoms with E-state index < -0.39 is 38.6 Å². The summed E-state index contributed by atoms with van der Waals surface area (Å²) in [4.78, 5) is 27.5. The molecule has 0 spiro atoms. The van der Waals surface area contributed by atoms with E-state index in [9.17, 15) is 26.8 Å². The molecule has 2 amide bonds. The Bertz CT molecular complexity index is 1550. The van der Waals surface area contributed by atoms with E-state index in [-0.39, 0.29) is 42.5 Å². The Morgan fingerprint density at radius 1 is 1.12 bits per heavy atom. The molecule has 2 aliphatic heterocycles. The van der Waals surface area contributed by atoms with Crippen LogP contribution in [0.25, 0.3) is 0 Å². The third kappa shape index (κ3) is 5.55. The highest BCUT2D eigenvalue weighted by Gasteiger charge is 2.32. The molecule has 0 aliphatic carbocycles. The molecule has 1 saturated heterocycles. The van der Waals surface area contributed by atoms with E-state index in [0.29, 0.717) is 30.4 Å². The molecule has 3 heterocycles. The van der Waals surface area contributed by atoms with Crippen LogP contribution in [0, 0.1) is 11.6 Å². The number of rotatable bonds is 7. The van der Waals surface area contributed by atoms with Gasteiger partial charge in [-0.25, -0.2) is 17.2 Å². The molecular weight excluding hydrogens is 546 g/mol. The number of fused-ring (bicyclic) bond motifs is 1. The van der Waals surface area contributed by atoms with Crippen LogP contribution in [-0.2, 0) is 32.5 Å². The van der Waals surface area contributed by atoms with Crippen LogP contribution in [0.2, 0.25) is 0 Å². The minimum Gasteiger partial charge on any atom is -0.378 e. The Morgan fingerprint density at radius 2 is 1.88 bits per heavy atom. The Labute approximate surface area is 229 Å². The molecule has 14 heteroatoms. The molecule has 11 nitrogen and oxygen atoms in total. The number of carbonyl (C=O) groups excluding carboxylic acids is 2. The summed E-state index contributed by atoms with van der Waals surface area (Å²) in [6.07, 6.45) is 1.00. The van der Waals surface area contributed by atoms with Crippen molar-refractivity contribution in [1.82, 2.24) is 14.5 Å². The second-order valence-electron chi connectivity index (χ2n) is 9.79. The van der Waals surface area contributed by atoms with Crippen LogP contribution in [0.3, 0.4) is 0 Å². The molecule has 212 valence electrons. The van der Waals surface area contributed by atoms with Gasteiger partial charge in [-0.1, -0.05) is 0 Å². The lowest BCUT2D eigenvalue weighted by molar-refractivity contribution is -0.124. The highest BCUT2D eigenvalue weighted by molar-refractivity contribution is 7.89. The predicted octanol–water partition coefficient (Wildman–Crippen LogP) is 2.87. The summed E-state index contributed by atoms with van der Waals surface area (Å²) in [5.41, 5.74) is 2.26. The van der Waals surface area contributed by atoms with Gasteiger partial charge in [0.15, 0.2) is 5.82 Å². The lowest BCUT2D eigenvalue weighted by Crippen LogP contribution is -2.36. The van der Waals surface area contributed by atoms with Gasteiger partial charge < -0.3 is 20.3 Å². The Hall–Kier alpha value is -3.88. The maximum absolute atomic E-state index is 13.7. The normalized spacial score (nSPS) is 17.4. The molecular formula is C26H28F2N6O5S. The fourth-order valence-electron chi connectivity index (χ4n) is 4.69. The Morgan fingerprint density at radius 3 is 2.55 bits per heavy atom. The number of benzene rings is 2. The quantitative estimate of drug-likeness (QED) is 0.395. The number of hydrogen-bond donors (Lipinski definition) is 3. The highest BCUT2D eigenvalue weighted by atomic mass is 32.2. The topological polar surface area (TPSA) is 137 Å². The monoisotopic (exact) mass is 574 g/mol. The average Bonchev–Trinajstić information content (AvgIpc) is 3.58. The largest absolute Gasteiger partial charge is 0.378 e. The van der Waals surface area contributed by atoms with Crippen molar-refractivity contribution in [2.24, 2.45) is 0 Å². The van der Waals surface area contributed by atoms with Crippen LogP contribution < -0.4 is 15.5 Å². The van der Waals surface area contributed by atoms with E-state index in [1.165, 1.54) is 0 Å². The third-order valence-electron chi connectivity index (χ3n) is 6.85. The number of ether oxygens (including phenoxy) is 1. The van der Waals surface area contributed by atoms with Crippen molar-refractivity contribution >= 4 is 39.0 Å². The molecule has 1 aromatic heterocycles. The maximum atomic E-state index is 13.7. The lowest BCUT2D eigenvalue weighted by Gasteiger charge is -2.26. The van der Waals surface area contributed by atoms with Crippen LogP contribution in [0.5, 0.6) is 0 Å². The van der Waals surface area contributed by atoms with Crippen molar-refractivity contribution in [1.29, 1.82) is 0 Å². The van der Waals surface area contributed by atoms with Gasteiger partial charge in [-0.15, -0.1) is 0 Å². The van der Waals surface area contributed by atoms with Gasteiger partial charge in [-0.05, 0) is 43.2 Å². The first-order chi connectivity index (χ1) is 19.0. The van der Waals surface area contributed by atoms with E-state index in [2.05, 4.69) is 20.8 Å². The molecule has 0 bridgehead atoms. The van der Waals surface area contributed by atoms with Crippen molar-refractivity contribution in [3.05, 3.63) is 64.9 Å². The van der Waals surface area contributed by atoms with Crippen molar-refractivity contribution in [3.63, 3.8) is 0 Å². The standard InChI is InChI=1S/C26H28F2N6O5S/c1-33(2)17-5-6-19(22(13-17)29-26(36)23-4-3-9-39-23)25(35)30-24-20-14-34(8-7-21(20)31-32-24)40(37,38)18-11-15(27)10-16(28)12-18/h5-6,10-13,23H,3-4,7-9,14H2,1-2H3,(H,29,36)(H2,30,31,32,35)/t23-/m0/s1. The number of carbonyl (C=O) groups is 2. The van der Waals surface area contributed by atoms with Crippen LogP contribution >= 0.6 is 0 Å². The third-order valence-corrected chi connectivity index (χ3v) is 8.67. The number of amides is 2. The van der Waals surface area contributed by atoms with Crippen molar-refractivity contribution < 1.29 is 31.5 Å². The fourth-order valence-corrected chi connectivity index (χ4v) is 6.14. The smallest absolute Gasteiger partial charge is 0.258 e. The number of nitrogens with one attached hydrogen (secondary N) is 3. The summed E-state index contributed by atoms with van der Waals surface area (Å²) in [7, 11) is -0.575. The second-order valence-corrected chi connectivity index (χ2v) is 11.7. The summed E-state index contributed by atoms with van der Waals surface area (Å²) < 4.78 is 60.3. The molecule has 1 atom stereocenters. The molecule has 5 rings (SSSR count). The molecule has 3 aromatic rings. The number of halogens is 2. The van der Waals surface area contributed by atoms with E-state index in [1.54, 1.807) is 18.2 Å². The van der Waals surface area contributed by atoms with Crippen molar-refractivity contribution in [3.8, 4) is 0 Å². The first-order valence-electron chi connectivity index (χ1n) is 12.6. The van der Waals surface area contributed by atoms with E-state index >= 15 is 0 Å². The van der Waals surface area contributed by atoms with Gasteiger partial charge in [0.1, 0.15) is 17.7 Å². The molecule has 1 fully saturated rings. The zero-order valence-corrected chi connectivity index (χ0v) is 22.6. The van der Waals surface area contributed by atoms with Crippen LogP contribution in [0.15, 0.2) is 41.3 Å². The number of H-pyrrole nitrogens is 1. The van der Waals surface area contributed by atoms with E-state index in [4.69, 9.17) is 4.74 Å². The van der Waals surface area contributed by atoms with Crippen molar-refractivity contribution in [2.75, 3.05) is 42.8 Å². The van der Waals surface area contributed by atoms with E-state index in [1.807, 2.05) is 19.0 Å². The zero-order valence-electron chi connectivity index (χ0n) is 21.8. The zero-order chi connectivity index (χ0) is 28.6. The molecule has 2 aromatic carbocycles.